The maximum atomic E-state index is 11.4. The van der Waals surface area contributed by atoms with Crippen molar-refractivity contribution in [2.45, 2.75) is 18.9 Å². The summed E-state index contributed by atoms with van der Waals surface area (Å²) in [5.74, 6) is 0.432. The second kappa shape index (κ2) is 3.04. The maximum absolute atomic E-state index is 11.4. The molecule has 2 aliphatic carbocycles. The van der Waals surface area contributed by atoms with Crippen molar-refractivity contribution in [3.05, 3.63) is 41.5 Å². The smallest absolute Gasteiger partial charge is 0.156 e. The van der Waals surface area contributed by atoms with E-state index in [2.05, 4.69) is 0 Å². The van der Waals surface area contributed by atoms with Gasteiger partial charge in [0.2, 0.25) is 0 Å². The van der Waals surface area contributed by atoms with Gasteiger partial charge in [-0.05, 0) is 35.1 Å². The molecule has 0 aliphatic heterocycles. The lowest BCUT2D eigenvalue weighted by Gasteiger charge is -2.27. The van der Waals surface area contributed by atoms with Gasteiger partial charge < -0.3 is 5.11 Å². The molecule has 0 unspecified atom stereocenters. The van der Waals surface area contributed by atoms with Crippen molar-refractivity contribution in [1.82, 2.24) is 0 Å². The van der Waals surface area contributed by atoms with Crippen molar-refractivity contribution in [2.24, 2.45) is 5.92 Å². The van der Waals surface area contributed by atoms with Crippen molar-refractivity contribution in [3.63, 3.8) is 0 Å². The summed E-state index contributed by atoms with van der Waals surface area (Å²) in [6.45, 7) is 0. The summed E-state index contributed by atoms with van der Waals surface area (Å²) < 4.78 is 0. The van der Waals surface area contributed by atoms with E-state index in [4.69, 9.17) is 0 Å². The first kappa shape index (κ1) is 8.86. The van der Waals surface area contributed by atoms with Crippen LogP contribution in [0.15, 0.2) is 30.3 Å². The van der Waals surface area contributed by atoms with Crippen LogP contribution in [-0.4, -0.2) is 10.9 Å². The zero-order valence-corrected chi connectivity index (χ0v) is 8.31. The first-order chi connectivity index (χ1) is 7.25. The van der Waals surface area contributed by atoms with E-state index in [1.54, 1.807) is 6.08 Å². The zero-order chi connectivity index (χ0) is 10.4. The minimum absolute atomic E-state index is 0.193. The van der Waals surface area contributed by atoms with Crippen LogP contribution in [-0.2, 0) is 4.79 Å². The van der Waals surface area contributed by atoms with Gasteiger partial charge in [-0.2, -0.15) is 0 Å². The number of rotatable bonds is 0. The normalized spacial score (nSPS) is 28.3. The highest BCUT2D eigenvalue weighted by Crippen LogP contribution is 2.45. The van der Waals surface area contributed by atoms with Crippen LogP contribution in [0.2, 0.25) is 0 Å². The number of allylic oxidation sites excluding steroid dienone is 2. The molecule has 15 heavy (non-hydrogen) atoms. The highest BCUT2D eigenvalue weighted by molar-refractivity contribution is 6.03. The Morgan fingerprint density at radius 3 is 2.93 bits per heavy atom. The van der Waals surface area contributed by atoms with Gasteiger partial charge in [-0.3, -0.25) is 4.79 Å². The Labute approximate surface area is 88.2 Å². The van der Waals surface area contributed by atoms with Gasteiger partial charge in [0.1, 0.15) is 0 Å². The summed E-state index contributed by atoms with van der Waals surface area (Å²) in [5, 5.41) is 9.96. The fraction of sp³-hybridized carbons (Fsp3) is 0.308. The van der Waals surface area contributed by atoms with Gasteiger partial charge in [0.05, 0.1) is 6.10 Å². The molecule has 0 aromatic heterocycles. The highest BCUT2D eigenvalue weighted by atomic mass is 16.3. The van der Waals surface area contributed by atoms with Crippen molar-refractivity contribution in [2.75, 3.05) is 0 Å². The minimum atomic E-state index is -0.408. The monoisotopic (exact) mass is 200 g/mol. The van der Waals surface area contributed by atoms with Crippen LogP contribution < -0.4 is 0 Å². The van der Waals surface area contributed by atoms with Crippen molar-refractivity contribution in [3.8, 4) is 0 Å². The molecule has 0 radical (unpaired) electrons. The van der Waals surface area contributed by atoms with Gasteiger partial charge in [0, 0.05) is 6.42 Å². The quantitative estimate of drug-likeness (QED) is 0.696. The predicted octanol–water partition coefficient (Wildman–Crippen LogP) is 2.10. The molecular formula is C13H12O2. The molecule has 0 fully saturated rings. The molecule has 0 amide bonds. The summed E-state index contributed by atoms with van der Waals surface area (Å²) in [6, 6.07) is 7.83. The average molecular weight is 200 g/mol. The molecule has 1 aromatic rings. The Morgan fingerprint density at radius 2 is 2.07 bits per heavy atom. The van der Waals surface area contributed by atoms with Crippen molar-refractivity contribution < 1.29 is 9.90 Å². The summed E-state index contributed by atoms with van der Waals surface area (Å²) >= 11 is 0. The molecule has 0 saturated heterocycles. The van der Waals surface area contributed by atoms with Gasteiger partial charge in [0.15, 0.2) is 5.78 Å². The van der Waals surface area contributed by atoms with E-state index in [-0.39, 0.29) is 11.7 Å². The number of benzene rings is 1. The summed E-state index contributed by atoms with van der Waals surface area (Å²) in [5.41, 5.74) is 3.16. The Bertz CT molecular complexity index is 459. The Hall–Kier alpha value is -1.41. The van der Waals surface area contributed by atoms with Gasteiger partial charge in [-0.15, -0.1) is 0 Å². The summed E-state index contributed by atoms with van der Waals surface area (Å²) in [7, 11) is 0. The fourth-order valence-corrected chi connectivity index (χ4v) is 2.66. The molecule has 0 heterocycles. The molecule has 76 valence electrons. The minimum Gasteiger partial charge on any atom is -0.388 e. The largest absolute Gasteiger partial charge is 0.388 e. The SMILES string of the molecule is O=C1C=C2c3ccccc3[C@H](O)C[C@H]2C1. The first-order valence-electron chi connectivity index (χ1n) is 5.27. The molecule has 1 N–H and O–H groups in total. The third-order valence-corrected chi connectivity index (χ3v) is 3.34. The fourth-order valence-electron chi connectivity index (χ4n) is 2.66. The predicted molar refractivity (Wildman–Crippen MR) is 57.1 cm³/mol. The lowest BCUT2D eigenvalue weighted by molar-refractivity contribution is -0.114. The van der Waals surface area contributed by atoms with E-state index in [0.717, 1.165) is 16.7 Å². The van der Waals surface area contributed by atoms with Gasteiger partial charge in [0.25, 0.3) is 0 Å². The summed E-state index contributed by atoms with van der Waals surface area (Å²) in [4.78, 5) is 11.4. The number of aliphatic hydroxyl groups excluding tert-OH is 1. The van der Waals surface area contributed by atoms with Crippen LogP contribution in [0.1, 0.15) is 30.1 Å². The molecule has 2 aliphatic rings. The average Bonchev–Trinajstić information content (AvgIpc) is 2.59. The second-order valence-electron chi connectivity index (χ2n) is 4.31. The number of hydrogen-bond acceptors (Lipinski definition) is 2. The molecule has 0 bridgehead atoms. The van der Waals surface area contributed by atoms with Gasteiger partial charge in [-0.1, -0.05) is 24.3 Å². The first-order valence-corrected chi connectivity index (χ1v) is 5.27. The van der Waals surface area contributed by atoms with Crippen LogP contribution in [0, 0.1) is 5.92 Å². The Balaban J connectivity index is 2.18. The van der Waals surface area contributed by atoms with E-state index >= 15 is 0 Å². The number of ketones is 1. The molecular weight excluding hydrogens is 188 g/mol. The van der Waals surface area contributed by atoms with E-state index in [0.29, 0.717) is 12.8 Å². The number of hydrogen-bond donors (Lipinski definition) is 1. The van der Waals surface area contributed by atoms with E-state index in [9.17, 15) is 9.90 Å². The molecule has 2 nitrogen and oxygen atoms in total. The molecule has 0 spiro atoms. The van der Waals surface area contributed by atoms with E-state index in [1.165, 1.54) is 0 Å². The Kier molecular flexibility index (Phi) is 1.80. The molecule has 2 heteroatoms. The molecule has 3 rings (SSSR count). The van der Waals surface area contributed by atoms with Gasteiger partial charge >= 0.3 is 0 Å². The topological polar surface area (TPSA) is 37.3 Å². The maximum Gasteiger partial charge on any atom is 0.156 e. The van der Waals surface area contributed by atoms with E-state index < -0.39 is 6.10 Å². The number of carbonyl (C=O) groups excluding carboxylic acids is 1. The lowest BCUT2D eigenvalue weighted by atomic mass is 9.79. The van der Waals surface area contributed by atoms with Crippen LogP contribution >= 0.6 is 0 Å². The molecule has 0 saturated carbocycles. The van der Waals surface area contributed by atoms with Crippen LogP contribution in [0.5, 0.6) is 0 Å². The standard InChI is InChI=1S/C13H12O2/c14-9-5-8-6-13(15)11-4-2-1-3-10(11)12(8)7-9/h1-4,7-8,13,15H,5-6H2/t8-,13-/m1/s1. The van der Waals surface area contributed by atoms with Gasteiger partial charge in [-0.25, -0.2) is 0 Å². The van der Waals surface area contributed by atoms with Crippen LogP contribution in [0.3, 0.4) is 0 Å². The van der Waals surface area contributed by atoms with Crippen molar-refractivity contribution >= 4 is 11.4 Å². The number of aliphatic hydroxyl groups is 1. The number of fused-ring (bicyclic) bond motifs is 3. The van der Waals surface area contributed by atoms with E-state index in [1.807, 2.05) is 24.3 Å². The molecule has 1 aromatic carbocycles. The van der Waals surface area contributed by atoms with Crippen LogP contribution in [0.4, 0.5) is 0 Å². The Morgan fingerprint density at radius 1 is 1.27 bits per heavy atom. The highest BCUT2D eigenvalue weighted by Gasteiger charge is 2.34. The molecule has 2 atom stereocenters. The summed E-state index contributed by atoms with van der Waals surface area (Å²) in [6.07, 6.45) is 2.60. The third kappa shape index (κ3) is 1.25. The second-order valence-corrected chi connectivity index (χ2v) is 4.31. The van der Waals surface area contributed by atoms with Crippen LogP contribution in [0.25, 0.3) is 5.57 Å². The third-order valence-electron chi connectivity index (χ3n) is 3.34. The lowest BCUT2D eigenvalue weighted by Crippen LogP contribution is -2.15. The number of carbonyl (C=O) groups is 1. The zero-order valence-electron chi connectivity index (χ0n) is 8.31. The van der Waals surface area contributed by atoms with Crippen molar-refractivity contribution in [1.29, 1.82) is 0 Å².